The summed E-state index contributed by atoms with van der Waals surface area (Å²) in [6.07, 6.45) is 4.29. The molecular weight excluding hydrogens is 364 g/mol. The van der Waals surface area contributed by atoms with E-state index in [1.54, 1.807) is 12.1 Å². The van der Waals surface area contributed by atoms with Crippen LogP contribution in [-0.2, 0) is 9.59 Å². The van der Waals surface area contributed by atoms with E-state index in [-0.39, 0.29) is 11.8 Å². The van der Waals surface area contributed by atoms with Gasteiger partial charge in [0.25, 0.3) is 0 Å². The van der Waals surface area contributed by atoms with Gasteiger partial charge in [0.15, 0.2) is 0 Å². The Morgan fingerprint density at radius 2 is 1.59 bits per heavy atom. The largest absolute Gasteiger partial charge is 0.422 e. The quantitative estimate of drug-likeness (QED) is 0.409. The molecule has 0 aliphatic heterocycles. The molecule has 0 aromatic heterocycles. The van der Waals surface area contributed by atoms with Crippen LogP contribution in [0.4, 0.5) is 0 Å². The fourth-order valence-corrected chi connectivity index (χ4v) is 4.95. The van der Waals surface area contributed by atoms with Gasteiger partial charge in [0, 0.05) is 34.1 Å². The van der Waals surface area contributed by atoms with Crippen LogP contribution < -0.4 is 9.47 Å². The molecule has 138 valence electrons. The molecule has 3 unspecified atom stereocenters. The molecule has 1 saturated carbocycles. The number of carbonyl (C=O) groups excluding carboxylic acids is 2. The molecule has 5 heteroatoms. The highest BCUT2D eigenvalue weighted by Gasteiger charge is 2.48. The molecule has 2 aliphatic rings. The smallest absolute Gasteiger partial charge is 0.335 e. The van der Waals surface area contributed by atoms with Crippen LogP contribution in [0.15, 0.2) is 43.5 Å². The highest BCUT2D eigenvalue weighted by Crippen LogP contribution is 2.64. The van der Waals surface area contributed by atoms with Crippen molar-refractivity contribution in [2.75, 3.05) is 0 Å². The number of hydrogen-bond acceptors (Lipinski definition) is 4. The molecule has 0 radical (unpaired) electrons. The van der Waals surface area contributed by atoms with Crippen LogP contribution in [0.25, 0.3) is 10.8 Å². The van der Waals surface area contributed by atoms with E-state index in [1.165, 1.54) is 0 Å². The molecule has 0 saturated heterocycles. The third-order valence-electron chi connectivity index (χ3n) is 5.80. The second-order valence-corrected chi connectivity index (χ2v) is 7.46. The molecule has 3 atom stereocenters. The van der Waals surface area contributed by atoms with Gasteiger partial charge >= 0.3 is 11.9 Å². The molecule has 2 aliphatic carbocycles. The summed E-state index contributed by atoms with van der Waals surface area (Å²) in [5.41, 5.74) is 1.89. The minimum Gasteiger partial charge on any atom is -0.422 e. The maximum atomic E-state index is 12.1. The molecule has 4 nitrogen and oxygen atoms in total. The summed E-state index contributed by atoms with van der Waals surface area (Å²) in [7, 11) is 0. The molecule has 2 aromatic rings. The zero-order chi connectivity index (χ0) is 19.3. The zero-order valence-electron chi connectivity index (χ0n) is 15.0. The summed E-state index contributed by atoms with van der Waals surface area (Å²) in [5.74, 6) is 0.770. The van der Waals surface area contributed by atoms with Crippen molar-refractivity contribution >= 4 is 34.3 Å². The topological polar surface area (TPSA) is 52.6 Å². The monoisotopic (exact) mass is 382 g/mol. The first-order valence-electron chi connectivity index (χ1n) is 8.94. The Hall–Kier alpha value is -2.59. The van der Waals surface area contributed by atoms with E-state index in [0.717, 1.165) is 36.1 Å². The molecule has 27 heavy (non-hydrogen) atoms. The highest BCUT2D eigenvalue weighted by atomic mass is 35.5. The maximum absolute atomic E-state index is 12.1. The molecule has 2 bridgehead atoms. The zero-order valence-corrected chi connectivity index (χ0v) is 15.7. The Morgan fingerprint density at radius 3 is 2.19 bits per heavy atom. The van der Waals surface area contributed by atoms with Gasteiger partial charge in [0.1, 0.15) is 11.5 Å². The van der Waals surface area contributed by atoms with Crippen molar-refractivity contribution in [1.82, 2.24) is 0 Å². The van der Waals surface area contributed by atoms with E-state index in [2.05, 4.69) is 20.1 Å². The average molecular weight is 383 g/mol. The Labute approximate surface area is 162 Å². The summed E-state index contributed by atoms with van der Waals surface area (Å²) >= 11 is 6.49. The number of benzene rings is 2. The lowest BCUT2D eigenvalue weighted by molar-refractivity contribution is -0.130. The van der Waals surface area contributed by atoms with Gasteiger partial charge in [0.2, 0.25) is 0 Å². The van der Waals surface area contributed by atoms with Crippen LogP contribution >= 0.6 is 11.6 Å². The van der Waals surface area contributed by atoms with Gasteiger partial charge in [-0.3, -0.25) is 0 Å². The lowest BCUT2D eigenvalue weighted by atomic mass is 9.87. The number of esters is 2. The first-order valence-corrected chi connectivity index (χ1v) is 9.32. The SMILES string of the molecule is C=CC(=O)Oc1c2c(c(OC(=O)C=C)c3c(Cl)cccc13)C1CCC2C1C. The average Bonchev–Trinajstić information content (AvgIpc) is 3.16. The Kier molecular flexibility index (Phi) is 4.31. The fraction of sp³-hybridized carbons (Fsp3) is 0.273. The maximum Gasteiger partial charge on any atom is 0.335 e. The van der Waals surface area contributed by atoms with Crippen LogP contribution in [0.3, 0.4) is 0 Å². The van der Waals surface area contributed by atoms with Crippen molar-refractivity contribution in [2.45, 2.75) is 31.6 Å². The number of halogens is 1. The summed E-state index contributed by atoms with van der Waals surface area (Å²) < 4.78 is 11.4. The van der Waals surface area contributed by atoms with Gasteiger partial charge in [-0.25, -0.2) is 9.59 Å². The van der Waals surface area contributed by atoms with Gasteiger partial charge in [-0.15, -0.1) is 0 Å². The third kappa shape index (κ3) is 2.59. The molecular formula is C22H19ClO4. The Morgan fingerprint density at radius 1 is 1.04 bits per heavy atom. The lowest BCUT2D eigenvalue weighted by Crippen LogP contribution is -2.12. The molecule has 0 N–H and O–H groups in total. The van der Waals surface area contributed by atoms with Crippen LogP contribution in [0.1, 0.15) is 42.7 Å². The summed E-state index contributed by atoms with van der Waals surface area (Å²) in [6.45, 7) is 9.18. The van der Waals surface area contributed by atoms with Crippen LogP contribution in [-0.4, -0.2) is 11.9 Å². The molecule has 4 rings (SSSR count). The minimum absolute atomic E-state index is 0.236. The summed E-state index contributed by atoms with van der Waals surface area (Å²) in [4.78, 5) is 24.1. The predicted molar refractivity (Wildman–Crippen MR) is 105 cm³/mol. The van der Waals surface area contributed by atoms with Crippen molar-refractivity contribution in [3.63, 3.8) is 0 Å². The van der Waals surface area contributed by atoms with Gasteiger partial charge in [-0.05, 0) is 36.7 Å². The third-order valence-corrected chi connectivity index (χ3v) is 6.12. The molecule has 0 spiro atoms. The first kappa shape index (κ1) is 17.8. The molecule has 0 heterocycles. The second kappa shape index (κ2) is 6.54. The molecule has 2 aromatic carbocycles. The highest BCUT2D eigenvalue weighted by molar-refractivity contribution is 6.36. The van der Waals surface area contributed by atoms with Gasteiger partial charge in [-0.2, -0.15) is 0 Å². The Bertz CT molecular complexity index is 1010. The second-order valence-electron chi connectivity index (χ2n) is 7.05. The van der Waals surface area contributed by atoms with E-state index in [4.69, 9.17) is 21.1 Å². The predicted octanol–water partition coefficient (Wildman–Crippen LogP) is 5.29. The van der Waals surface area contributed by atoms with Crippen molar-refractivity contribution < 1.29 is 19.1 Å². The standard InChI is InChI=1S/C22H19ClO4/c1-4-16(24)26-21-14-7-6-8-15(23)18(14)22(27-17(25)5-2)20-13-10-9-12(11(13)3)19(20)21/h4-8,11-13H,1-2,9-10H2,3H3. The van der Waals surface area contributed by atoms with E-state index >= 15 is 0 Å². The van der Waals surface area contributed by atoms with Crippen molar-refractivity contribution in [3.05, 3.63) is 59.7 Å². The van der Waals surface area contributed by atoms with Gasteiger partial charge < -0.3 is 9.47 Å². The number of hydrogen-bond donors (Lipinski definition) is 0. The van der Waals surface area contributed by atoms with Gasteiger partial charge in [0.05, 0.1) is 5.02 Å². The number of fused-ring (bicyclic) bond motifs is 6. The fourth-order valence-electron chi connectivity index (χ4n) is 4.69. The normalized spacial score (nSPS) is 22.4. The number of ether oxygens (including phenoxy) is 2. The lowest BCUT2D eigenvalue weighted by Gasteiger charge is -2.24. The van der Waals surface area contributed by atoms with E-state index < -0.39 is 11.9 Å². The van der Waals surface area contributed by atoms with Crippen LogP contribution in [0, 0.1) is 5.92 Å². The summed E-state index contributed by atoms with van der Waals surface area (Å²) in [5, 5.41) is 1.68. The van der Waals surface area contributed by atoms with Crippen molar-refractivity contribution in [2.24, 2.45) is 5.92 Å². The molecule has 0 amide bonds. The van der Waals surface area contributed by atoms with E-state index in [1.807, 2.05) is 6.07 Å². The number of rotatable bonds is 4. The van der Waals surface area contributed by atoms with Crippen molar-refractivity contribution in [3.8, 4) is 11.5 Å². The Balaban J connectivity index is 2.10. The van der Waals surface area contributed by atoms with Gasteiger partial charge in [-0.1, -0.05) is 43.8 Å². The van der Waals surface area contributed by atoms with E-state index in [9.17, 15) is 9.59 Å². The molecule has 1 fully saturated rings. The van der Waals surface area contributed by atoms with Crippen LogP contribution in [0.2, 0.25) is 5.02 Å². The number of carbonyl (C=O) groups is 2. The summed E-state index contributed by atoms with van der Waals surface area (Å²) in [6, 6.07) is 5.35. The van der Waals surface area contributed by atoms with Crippen molar-refractivity contribution in [1.29, 1.82) is 0 Å². The first-order chi connectivity index (χ1) is 13.0. The van der Waals surface area contributed by atoms with E-state index in [0.29, 0.717) is 33.2 Å². The minimum atomic E-state index is -0.537. The van der Waals surface area contributed by atoms with Crippen LogP contribution in [0.5, 0.6) is 11.5 Å².